The number of nitriles is 1. The molecule has 1 aromatic carbocycles. The molecule has 0 aliphatic rings. The first-order valence-corrected chi connectivity index (χ1v) is 6.20. The first-order chi connectivity index (χ1) is 9.69. The van der Waals surface area contributed by atoms with Crippen LogP contribution in [0.5, 0.6) is 0 Å². The molecule has 7 heteroatoms. The fourth-order valence-electron chi connectivity index (χ4n) is 1.95. The molecule has 0 unspecified atom stereocenters. The third-order valence-electron chi connectivity index (χ3n) is 2.92. The summed E-state index contributed by atoms with van der Waals surface area (Å²) in [6.45, 7) is 1.88. The summed E-state index contributed by atoms with van der Waals surface area (Å²) >= 11 is 5.88. The van der Waals surface area contributed by atoms with Crippen LogP contribution < -0.4 is 5.32 Å². The molecule has 0 spiro atoms. The molecule has 6 nitrogen and oxygen atoms in total. The molecular formula is C13H9ClN6. The Balaban J connectivity index is 2.13. The van der Waals surface area contributed by atoms with Gasteiger partial charge in [0.25, 0.3) is 0 Å². The van der Waals surface area contributed by atoms with Gasteiger partial charge in [-0.05, 0) is 30.2 Å². The molecule has 0 atom stereocenters. The molecule has 0 amide bonds. The summed E-state index contributed by atoms with van der Waals surface area (Å²) in [5.41, 5.74) is 2.67. The molecule has 0 saturated carbocycles. The number of aromatic nitrogens is 4. The molecule has 0 aliphatic carbocycles. The molecule has 0 fully saturated rings. The van der Waals surface area contributed by atoms with Gasteiger partial charge in [0.05, 0.1) is 22.8 Å². The van der Waals surface area contributed by atoms with Crippen molar-refractivity contribution in [3.8, 4) is 6.07 Å². The van der Waals surface area contributed by atoms with Crippen molar-refractivity contribution in [2.75, 3.05) is 5.32 Å². The van der Waals surface area contributed by atoms with Crippen molar-refractivity contribution in [1.82, 2.24) is 20.2 Å². The van der Waals surface area contributed by atoms with E-state index < -0.39 is 0 Å². The summed E-state index contributed by atoms with van der Waals surface area (Å²) in [7, 11) is 0. The maximum absolute atomic E-state index is 9.24. The van der Waals surface area contributed by atoms with E-state index in [9.17, 15) is 5.26 Å². The van der Waals surface area contributed by atoms with E-state index in [1.807, 2.05) is 25.1 Å². The number of anilines is 2. The molecule has 0 saturated heterocycles. The lowest BCUT2D eigenvalue weighted by Gasteiger charge is -2.09. The summed E-state index contributed by atoms with van der Waals surface area (Å²) in [5.74, 6) is 0.510. The average molecular weight is 285 g/mol. The molecule has 20 heavy (non-hydrogen) atoms. The predicted octanol–water partition coefficient (Wildman–Crippen LogP) is 2.93. The second kappa shape index (κ2) is 4.79. The molecule has 3 rings (SSSR count). The summed E-state index contributed by atoms with van der Waals surface area (Å²) in [4.78, 5) is 8.18. The SMILES string of the molecule is Cc1cccc(Nc2nc(Cl)nc3[nH]ncc23)c1C#N. The van der Waals surface area contributed by atoms with Crippen LogP contribution in [0.3, 0.4) is 0 Å². The van der Waals surface area contributed by atoms with Crippen LogP contribution >= 0.6 is 11.6 Å². The van der Waals surface area contributed by atoms with Gasteiger partial charge in [0, 0.05) is 0 Å². The van der Waals surface area contributed by atoms with Gasteiger partial charge in [-0.15, -0.1) is 0 Å². The first-order valence-electron chi connectivity index (χ1n) is 5.82. The summed E-state index contributed by atoms with van der Waals surface area (Å²) < 4.78 is 0. The average Bonchev–Trinajstić information content (AvgIpc) is 2.87. The van der Waals surface area contributed by atoms with Crippen molar-refractivity contribution < 1.29 is 0 Å². The van der Waals surface area contributed by atoms with Crippen LogP contribution in [-0.2, 0) is 0 Å². The number of benzene rings is 1. The van der Waals surface area contributed by atoms with E-state index in [-0.39, 0.29) is 5.28 Å². The number of fused-ring (bicyclic) bond motifs is 1. The van der Waals surface area contributed by atoms with Crippen LogP contribution in [0.15, 0.2) is 24.4 Å². The highest BCUT2D eigenvalue weighted by molar-refractivity contribution is 6.28. The fraction of sp³-hybridized carbons (Fsp3) is 0.0769. The zero-order chi connectivity index (χ0) is 14.1. The van der Waals surface area contributed by atoms with Crippen molar-refractivity contribution in [3.63, 3.8) is 0 Å². The molecule has 2 N–H and O–H groups in total. The van der Waals surface area contributed by atoms with Gasteiger partial charge in [-0.2, -0.15) is 20.3 Å². The second-order valence-electron chi connectivity index (χ2n) is 4.21. The van der Waals surface area contributed by atoms with Crippen molar-refractivity contribution >= 4 is 34.1 Å². The Morgan fingerprint density at radius 2 is 2.20 bits per heavy atom. The maximum Gasteiger partial charge on any atom is 0.226 e. The third-order valence-corrected chi connectivity index (χ3v) is 3.09. The van der Waals surface area contributed by atoms with E-state index in [0.717, 1.165) is 5.56 Å². The largest absolute Gasteiger partial charge is 0.338 e. The molecular weight excluding hydrogens is 276 g/mol. The normalized spacial score (nSPS) is 10.4. The van der Waals surface area contributed by atoms with Gasteiger partial charge >= 0.3 is 0 Å². The highest BCUT2D eigenvalue weighted by Crippen LogP contribution is 2.26. The van der Waals surface area contributed by atoms with E-state index in [4.69, 9.17) is 11.6 Å². The Bertz CT molecular complexity index is 832. The quantitative estimate of drug-likeness (QED) is 0.706. The zero-order valence-electron chi connectivity index (χ0n) is 10.5. The van der Waals surface area contributed by atoms with E-state index >= 15 is 0 Å². The van der Waals surface area contributed by atoms with Gasteiger partial charge in [-0.25, -0.2) is 0 Å². The minimum atomic E-state index is 0.107. The number of H-pyrrole nitrogens is 1. The van der Waals surface area contributed by atoms with Gasteiger partial charge in [0.15, 0.2) is 5.65 Å². The molecule has 2 heterocycles. The van der Waals surface area contributed by atoms with Gasteiger partial charge in [0.2, 0.25) is 5.28 Å². The number of halogens is 1. The second-order valence-corrected chi connectivity index (χ2v) is 4.55. The molecule has 2 aromatic heterocycles. The van der Waals surface area contributed by atoms with Crippen LogP contribution in [0.25, 0.3) is 11.0 Å². The van der Waals surface area contributed by atoms with Gasteiger partial charge in [-0.3, -0.25) is 5.10 Å². The third kappa shape index (κ3) is 2.04. The zero-order valence-corrected chi connectivity index (χ0v) is 11.2. The van der Waals surface area contributed by atoms with Crippen LogP contribution in [0.1, 0.15) is 11.1 Å². The molecule has 3 aromatic rings. The number of nitrogens with zero attached hydrogens (tertiary/aromatic N) is 4. The summed E-state index contributed by atoms with van der Waals surface area (Å²) in [6.07, 6.45) is 1.61. The van der Waals surface area contributed by atoms with E-state index in [0.29, 0.717) is 28.1 Å². The lowest BCUT2D eigenvalue weighted by Crippen LogP contribution is -1.99. The molecule has 98 valence electrons. The lowest BCUT2D eigenvalue weighted by molar-refractivity contribution is 1.09. The minimum Gasteiger partial charge on any atom is -0.338 e. The van der Waals surface area contributed by atoms with Crippen molar-refractivity contribution in [1.29, 1.82) is 5.26 Å². The number of hydrogen-bond donors (Lipinski definition) is 2. The van der Waals surface area contributed by atoms with Gasteiger partial charge < -0.3 is 5.32 Å². The van der Waals surface area contributed by atoms with Crippen molar-refractivity contribution in [3.05, 3.63) is 40.8 Å². The Hall–Kier alpha value is -2.65. The van der Waals surface area contributed by atoms with Crippen molar-refractivity contribution in [2.24, 2.45) is 0 Å². The summed E-state index contributed by atoms with van der Waals surface area (Å²) in [5, 5.41) is 19.8. The van der Waals surface area contributed by atoms with Crippen molar-refractivity contribution in [2.45, 2.75) is 6.92 Å². The molecule has 0 bridgehead atoms. The highest BCUT2D eigenvalue weighted by Gasteiger charge is 2.11. The van der Waals surface area contributed by atoms with Crippen LogP contribution in [0.4, 0.5) is 11.5 Å². The van der Waals surface area contributed by atoms with E-state index in [2.05, 4.69) is 31.6 Å². The number of rotatable bonds is 2. The fourth-order valence-corrected chi connectivity index (χ4v) is 2.12. The number of nitrogens with one attached hydrogen (secondary N) is 2. The van der Waals surface area contributed by atoms with Gasteiger partial charge in [-0.1, -0.05) is 12.1 Å². The lowest BCUT2D eigenvalue weighted by atomic mass is 10.1. The predicted molar refractivity (Wildman–Crippen MR) is 75.9 cm³/mol. The Morgan fingerprint density at radius 3 is 3.00 bits per heavy atom. The van der Waals surface area contributed by atoms with E-state index in [1.54, 1.807) is 6.20 Å². The number of aryl methyl sites for hydroxylation is 1. The van der Waals surface area contributed by atoms with Crippen LogP contribution in [0, 0.1) is 18.3 Å². The minimum absolute atomic E-state index is 0.107. The van der Waals surface area contributed by atoms with E-state index in [1.165, 1.54) is 0 Å². The Kier molecular flexibility index (Phi) is 2.97. The summed E-state index contributed by atoms with van der Waals surface area (Å²) in [6, 6.07) is 7.74. The Labute approximate surface area is 119 Å². The van der Waals surface area contributed by atoms with Gasteiger partial charge in [0.1, 0.15) is 11.9 Å². The van der Waals surface area contributed by atoms with Crippen LogP contribution in [0.2, 0.25) is 5.28 Å². The Morgan fingerprint density at radius 1 is 1.35 bits per heavy atom. The first kappa shape index (κ1) is 12.4. The highest BCUT2D eigenvalue weighted by atomic mass is 35.5. The smallest absolute Gasteiger partial charge is 0.226 e. The standard InChI is InChI=1S/C13H9ClN6/c1-7-3-2-4-10(8(7)5-15)17-11-9-6-16-20-12(9)19-13(14)18-11/h2-4,6H,1H3,(H2,16,17,18,19,20). The topological polar surface area (TPSA) is 90.3 Å². The molecule has 0 aliphatic heterocycles. The monoisotopic (exact) mass is 284 g/mol. The maximum atomic E-state index is 9.24. The van der Waals surface area contributed by atoms with Crippen LogP contribution in [-0.4, -0.2) is 20.2 Å². The number of hydrogen-bond acceptors (Lipinski definition) is 5. The number of aromatic amines is 1. The molecule has 0 radical (unpaired) electrons.